The molecule has 0 radical (unpaired) electrons. The second-order valence-electron chi connectivity index (χ2n) is 5.71. The molecule has 0 atom stereocenters. The summed E-state index contributed by atoms with van der Waals surface area (Å²) >= 11 is 0. The van der Waals surface area contributed by atoms with Crippen molar-refractivity contribution >= 4 is 5.69 Å². The smallest absolute Gasteiger partial charge is 0.0412 e. The van der Waals surface area contributed by atoms with Crippen LogP contribution in [0.25, 0.3) is 0 Å². The first-order valence-electron chi connectivity index (χ1n) is 7.18. The van der Waals surface area contributed by atoms with Gasteiger partial charge < -0.3 is 10.6 Å². The van der Waals surface area contributed by atoms with E-state index in [9.17, 15) is 0 Å². The van der Waals surface area contributed by atoms with Crippen molar-refractivity contribution in [3.05, 3.63) is 29.3 Å². The summed E-state index contributed by atoms with van der Waals surface area (Å²) < 4.78 is 0. The number of benzene rings is 1. The van der Waals surface area contributed by atoms with E-state index in [0.29, 0.717) is 12.0 Å². The zero-order valence-corrected chi connectivity index (χ0v) is 12.0. The van der Waals surface area contributed by atoms with Crippen LogP contribution in [0, 0.1) is 12.3 Å². The molecule has 0 saturated carbocycles. The maximum atomic E-state index is 5.89. The Bertz CT molecular complexity index is 408. The summed E-state index contributed by atoms with van der Waals surface area (Å²) in [6.07, 6.45) is 3.88. The molecule has 0 amide bonds. The summed E-state index contributed by atoms with van der Waals surface area (Å²) in [5.41, 5.74) is 10.4. The predicted octanol–water partition coefficient (Wildman–Crippen LogP) is 3.47. The number of hydrogen-bond acceptors (Lipinski definition) is 2. The Labute approximate surface area is 111 Å². The molecule has 2 nitrogen and oxygen atoms in total. The Kier molecular flexibility index (Phi) is 3.96. The number of nitrogens with two attached hydrogens (primary N) is 1. The zero-order valence-electron chi connectivity index (χ0n) is 12.0. The lowest BCUT2D eigenvalue weighted by Crippen LogP contribution is -2.27. The van der Waals surface area contributed by atoms with Gasteiger partial charge in [-0.1, -0.05) is 31.5 Å². The third kappa shape index (κ3) is 2.39. The number of nitrogens with zero attached hydrogens (tertiary/aromatic N) is 1. The van der Waals surface area contributed by atoms with Crippen molar-refractivity contribution in [2.45, 2.75) is 46.6 Å². The van der Waals surface area contributed by atoms with Gasteiger partial charge in [0, 0.05) is 25.3 Å². The van der Waals surface area contributed by atoms with E-state index in [1.54, 1.807) is 0 Å². The van der Waals surface area contributed by atoms with Crippen molar-refractivity contribution in [3.63, 3.8) is 0 Å². The van der Waals surface area contributed by atoms with Gasteiger partial charge in [-0.2, -0.15) is 0 Å². The number of hydrogen-bond donors (Lipinski definition) is 1. The third-order valence-corrected chi connectivity index (χ3v) is 4.73. The molecule has 1 heterocycles. The molecule has 0 aromatic heterocycles. The Morgan fingerprint density at radius 3 is 2.56 bits per heavy atom. The number of rotatable bonds is 4. The van der Waals surface area contributed by atoms with Crippen LogP contribution < -0.4 is 10.6 Å². The summed E-state index contributed by atoms with van der Waals surface area (Å²) in [5.74, 6) is 0. The molecule has 1 aromatic rings. The first kappa shape index (κ1) is 13.4. The molecule has 0 bridgehead atoms. The van der Waals surface area contributed by atoms with Gasteiger partial charge in [0.1, 0.15) is 0 Å². The predicted molar refractivity (Wildman–Crippen MR) is 78.9 cm³/mol. The fraction of sp³-hybridized carbons (Fsp3) is 0.625. The quantitative estimate of drug-likeness (QED) is 0.881. The molecule has 1 aromatic carbocycles. The second-order valence-corrected chi connectivity index (χ2v) is 5.71. The van der Waals surface area contributed by atoms with Crippen molar-refractivity contribution in [2.75, 3.05) is 18.0 Å². The summed E-state index contributed by atoms with van der Waals surface area (Å²) in [6, 6.07) is 6.68. The molecule has 2 N–H and O–H groups in total. The molecule has 2 rings (SSSR count). The van der Waals surface area contributed by atoms with Crippen molar-refractivity contribution < 1.29 is 0 Å². The molecule has 1 saturated heterocycles. The Hall–Kier alpha value is -1.02. The largest absolute Gasteiger partial charge is 0.371 e. The first-order chi connectivity index (χ1) is 8.64. The van der Waals surface area contributed by atoms with Gasteiger partial charge in [0.15, 0.2) is 0 Å². The van der Waals surface area contributed by atoms with E-state index in [-0.39, 0.29) is 0 Å². The van der Waals surface area contributed by atoms with Gasteiger partial charge in [-0.25, -0.2) is 0 Å². The van der Waals surface area contributed by atoms with Crippen molar-refractivity contribution in [2.24, 2.45) is 11.1 Å². The molecule has 2 heteroatoms. The Morgan fingerprint density at radius 1 is 1.28 bits per heavy atom. The monoisotopic (exact) mass is 246 g/mol. The van der Waals surface area contributed by atoms with Crippen LogP contribution in [0.5, 0.6) is 0 Å². The minimum atomic E-state index is 0.525. The highest BCUT2D eigenvalue weighted by molar-refractivity contribution is 5.56. The lowest BCUT2D eigenvalue weighted by Gasteiger charge is -2.28. The zero-order chi connectivity index (χ0) is 13.2. The molecule has 1 fully saturated rings. The molecular weight excluding hydrogens is 220 g/mol. The van der Waals surface area contributed by atoms with Crippen LogP contribution in [0.2, 0.25) is 0 Å². The van der Waals surface area contributed by atoms with Gasteiger partial charge in [0.2, 0.25) is 0 Å². The van der Waals surface area contributed by atoms with E-state index in [1.165, 1.54) is 49.2 Å². The van der Waals surface area contributed by atoms with E-state index < -0.39 is 0 Å². The van der Waals surface area contributed by atoms with Crippen LogP contribution in [0.1, 0.15) is 44.2 Å². The Morgan fingerprint density at radius 2 is 2.00 bits per heavy atom. The minimum Gasteiger partial charge on any atom is -0.371 e. The van der Waals surface area contributed by atoms with Gasteiger partial charge in [0.25, 0.3) is 0 Å². The summed E-state index contributed by atoms with van der Waals surface area (Å²) in [6.45, 7) is 9.79. The highest BCUT2D eigenvalue weighted by Gasteiger charge is 2.35. The number of aryl methyl sites for hydroxylation is 1. The Balaban J connectivity index is 2.24. The molecule has 0 aliphatic carbocycles. The minimum absolute atomic E-state index is 0.525. The third-order valence-electron chi connectivity index (χ3n) is 4.73. The van der Waals surface area contributed by atoms with E-state index >= 15 is 0 Å². The van der Waals surface area contributed by atoms with Crippen LogP contribution in [0.15, 0.2) is 18.2 Å². The highest BCUT2D eigenvalue weighted by Crippen LogP contribution is 2.39. The van der Waals surface area contributed by atoms with E-state index in [4.69, 9.17) is 5.73 Å². The molecule has 0 unspecified atom stereocenters. The van der Waals surface area contributed by atoms with Crippen molar-refractivity contribution in [3.8, 4) is 0 Å². The normalized spacial score (nSPS) is 18.3. The van der Waals surface area contributed by atoms with E-state index in [1.807, 2.05) is 0 Å². The van der Waals surface area contributed by atoms with Gasteiger partial charge in [-0.15, -0.1) is 0 Å². The maximum absolute atomic E-state index is 5.89. The fourth-order valence-electron chi connectivity index (χ4n) is 3.15. The highest BCUT2D eigenvalue weighted by atomic mass is 15.2. The van der Waals surface area contributed by atoms with Crippen LogP contribution >= 0.6 is 0 Å². The molecule has 1 aliphatic rings. The van der Waals surface area contributed by atoms with E-state index in [2.05, 4.69) is 43.9 Å². The van der Waals surface area contributed by atoms with Crippen molar-refractivity contribution in [1.82, 2.24) is 0 Å². The average Bonchev–Trinajstić information content (AvgIpc) is 2.83. The van der Waals surface area contributed by atoms with Gasteiger partial charge in [-0.05, 0) is 43.2 Å². The molecule has 0 spiro atoms. The van der Waals surface area contributed by atoms with Gasteiger partial charge in [0.05, 0.1) is 0 Å². The number of anilines is 1. The molecule has 1 aliphatic heterocycles. The lowest BCUT2D eigenvalue weighted by molar-refractivity contribution is 0.301. The standard InChI is InChI=1S/C16H26N2/c1-4-16(5-2)8-9-18(12-16)15-7-6-13(3)10-14(15)11-17/h6-7,10H,4-5,8-9,11-12,17H2,1-3H3. The molecular formula is C16H26N2. The molecule has 18 heavy (non-hydrogen) atoms. The summed E-state index contributed by atoms with van der Waals surface area (Å²) in [4.78, 5) is 2.54. The van der Waals surface area contributed by atoms with E-state index in [0.717, 1.165) is 0 Å². The van der Waals surface area contributed by atoms with Crippen LogP contribution in [0.3, 0.4) is 0 Å². The fourth-order valence-corrected chi connectivity index (χ4v) is 3.15. The average molecular weight is 246 g/mol. The van der Waals surface area contributed by atoms with Crippen molar-refractivity contribution in [1.29, 1.82) is 0 Å². The summed E-state index contributed by atoms with van der Waals surface area (Å²) in [7, 11) is 0. The van der Waals surface area contributed by atoms with Gasteiger partial charge >= 0.3 is 0 Å². The topological polar surface area (TPSA) is 29.3 Å². The maximum Gasteiger partial charge on any atom is 0.0412 e. The molecule has 100 valence electrons. The first-order valence-corrected chi connectivity index (χ1v) is 7.18. The second kappa shape index (κ2) is 5.31. The van der Waals surface area contributed by atoms with Crippen LogP contribution in [-0.2, 0) is 6.54 Å². The SMILES string of the molecule is CCC1(CC)CCN(c2ccc(C)cc2CN)C1. The van der Waals surface area contributed by atoms with Crippen LogP contribution in [0.4, 0.5) is 5.69 Å². The van der Waals surface area contributed by atoms with Gasteiger partial charge in [-0.3, -0.25) is 0 Å². The van der Waals surface area contributed by atoms with Crippen LogP contribution in [-0.4, -0.2) is 13.1 Å². The lowest BCUT2D eigenvalue weighted by atomic mass is 9.82. The summed E-state index contributed by atoms with van der Waals surface area (Å²) in [5, 5.41) is 0.